The topological polar surface area (TPSA) is 17.1 Å². The number of Topliss-reactive ketones (excluding diaryl/α,β-unsaturated/α-hetero) is 1. The van der Waals surface area contributed by atoms with Crippen molar-refractivity contribution >= 4 is 5.78 Å². The monoisotopic (exact) mass is 98.1 g/mol. The molecule has 0 radical (unpaired) electrons. The molecule has 0 saturated heterocycles. The number of carbonyl (C=O) groups excluding carboxylic acids is 1. The largest absolute Gasteiger partial charge is 0.299 e. The minimum atomic E-state index is 0.361. The maximum Gasteiger partial charge on any atom is 0.136 e. The Morgan fingerprint density at radius 1 is 1.57 bits per heavy atom. The summed E-state index contributed by atoms with van der Waals surface area (Å²) in [5.74, 6) is 1.46. The Bertz CT molecular complexity index is 96.4. The highest BCUT2D eigenvalue weighted by molar-refractivity contribution is 5.86. The molecule has 40 valence electrons. The van der Waals surface area contributed by atoms with Gasteiger partial charge in [0.2, 0.25) is 0 Å². The zero-order chi connectivity index (χ0) is 5.44. The van der Waals surface area contributed by atoms with Gasteiger partial charge in [0, 0.05) is 12.3 Å². The number of carbonyl (C=O) groups is 1. The van der Waals surface area contributed by atoms with Gasteiger partial charge in [0.1, 0.15) is 5.78 Å². The van der Waals surface area contributed by atoms with Crippen molar-refractivity contribution in [1.29, 1.82) is 0 Å². The molecule has 1 aliphatic carbocycles. The average molecular weight is 98.1 g/mol. The predicted molar refractivity (Wildman–Crippen MR) is 28.0 cm³/mol. The zero-order valence-electron chi connectivity index (χ0n) is 4.77. The van der Waals surface area contributed by atoms with Gasteiger partial charge in [0.25, 0.3) is 0 Å². The molecule has 1 saturated carbocycles. The molecule has 0 aromatic rings. The fraction of sp³-hybridized carbons (Fsp3) is 0.833. The predicted octanol–water partition coefficient (Wildman–Crippen LogP) is 1.23. The van der Waals surface area contributed by atoms with Crippen LogP contribution in [0, 0.1) is 11.8 Å². The smallest absolute Gasteiger partial charge is 0.136 e. The van der Waals surface area contributed by atoms with Crippen molar-refractivity contribution in [3.8, 4) is 0 Å². The summed E-state index contributed by atoms with van der Waals surface area (Å²) < 4.78 is 0. The quantitative estimate of drug-likeness (QED) is 0.445. The molecule has 0 aromatic heterocycles. The van der Waals surface area contributed by atoms with Gasteiger partial charge in [-0.05, 0) is 5.92 Å². The van der Waals surface area contributed by atoms with Crippen LogP contribution in [0.5, 0.6) is 0 Å². The summed E-state index contributed by atoms with van der Waals surface area (Å²) in [4.78, 5) is 10.4. The summed E-state index contributed by atoms with van der Waals surface area (Å²) in [6.45, 7) is 4.11. The number of ketones is 1. The molecule has 0 aliphatic heterocycles. The van der Waals surface area contributed by atoms with Crippen LogP contribution in [0.3, 0.4) is 0 Å². The first-order valence-corrected chi connectivity index (χ1v) is 2.74. The first-order valence-electron chi connectivity index (χ1n) is 2.74. The van der Waals surface area contributed by atoms with Crippen molar-refractivity contribution < 1.29 is 4.79 Å². The molecular formula is C6H10O. The standard InChI is InChI=1S/C6H10O/c1-4-3-6(7)5(4)2/h4-5H,3H2,1-2H3/t4?,5-/m0/s1. The van der Waals surface area contributed by atoms with E-state index in [0.717, 1.165) is 6.42 Å². The Hall–Kier alpha value is -0.330. The molecule has 0 heterocycles. The highest BCUT2D eigenvalue weighted by Gasteiger charge is 2.31. The van der Waals surface area contributed by atoms with Crippen LogP contribution >= 0.6 is 0 Å². The minimum absolute atomic E-state index is 0.361. The SMILES string of the molecule is CC1CC(=O)[C@H]1C. The molecule has 1 nitrogen and oxygen atoms in total. The van der Waals surface area contributed by atoms with E-state index in [9.17, 15) is 4.79 Å². The van der Waals surface area contributed by atoms with E-state index in [0.29, 0.717) is 17.6 Å². The van der Waals surface area contributed by atoms with E-state index in [2.05, 4.69) is 6.92 Å². The van der Waals surface area contributed by atoms with Crippen LogP contribution in [0.4, 0.5) is 0 Å². The first-order chi connectivity index (χ1) is 3.22. The molecule has 0 spiro atoms. The van der Waals surface area contributed by atoms with Crippen molar-refractivity contribution in [2.24, 2.45) is 11.8 Å². The lowest BCUT2D eigenvalue weighted by molar-refractivity contribution is -0.132. The van der Waals surface area contributed by atoms with Crippen LogP contribution in [0.25, 0.3) is 0 Å². The molecule has 7 heavy (non-hydrogen) atoms. The second-order valence-electron chi connectivity index (χ2n) is 2.44. The second-order valence-corrected chi connectivity index (χ2v) is 2.44. The molecule has 0 N–H and O–H groups in total. The van der Waals surface area contributed by atoms with Crippen LogP contribution < -0.4 is 0 Å². The number of hydrogen-bond donors (Lipinski definition) is 0. The molecule has 1 rings (SSSR count). The van der Waals surface area contributed by atoms with E-state index in [1.54, 1.807) is 0 Å². The van der Waals surface area contributed by atoms with Gasteiger partial charge in [-0.1, -0.05) is 13.8 Å². The zero-order valence-corrected chi connectivity index (χ0v) is 4.77. The Morgan fingerprint density at radius 3 is 2.14 bits per heavy atom. The van der Waals surface area contributed by atoms with Crippen LogP contribution in [-0.4, -0.2) is 5.78 Å². The third kappa shape index (κ3) is 0.561. The highest BCUT2D eigenvalue weighted by atomic mass is 16.1. The molecule has 1 unspecified atom stereocenters. The van der Waals surface area contributed by atoms with Gasteiger partial charge in [-0.25, -0.2) is 0 Å². The number of rotatable bonds is 0. The minimum Gasteiger partial charge on any atom is -0.299 e. The molecule has 2 atom stereocenters. The van der Waals surface area contributed by atoms with Gasteiger partial charge >= 0.3 is 0 Å². The average Bonchev–Trinajstić information content (AvgIpc) is 1.68. The lowest BCUT2D eigenvalue weighted by Gasteiger charge is -2.27. The van der Waals surface area contributed by atoms with Gasteiger partial charge in [-0.2, -0.15) is 0 Å². The van der Waals surface area contributed by atoms with Crippen LogP contribution in [0.15, 0.2) is 0 Å². The van der Waals surface area contributed by atoms with E-state index in [1.807, 2.05) is 6.92 Å². The van der Waals surface area contributed by atoms with Crippen LogP contribution in [0.1, 0.15) is 20.3 Å². The maximum absolute atomic E-state index is 10.4. The van der Waals surface area contributed by atoms with Gasteiger partial charge in [0.05, 0.1) is 0 Å². The van der Waals surface area contributed by atoms with Crippen LogP contribution in [0.2, 0.25) is 0 Å². The van der Waals surface area contributed by atoms with Crippen molar-refractivity contribution in [3.63, 3.8) is 0 Å². The Balaban J connectivity index is 2.43. The highest BCUT2D eigenvalue weighted by Crippen LogP contribution is 2.28. The lowest BCUT2D eigenvalue weighted by atomic mass is 9.75. The Kier molecular flexibility index (Phi) is 0.911. The van der Waals surface area contributed by atoms with E-state index < -0.39 is 0 Å². The molecule has 0 aromatic carbocycles. The van der Waals surface area contributed by atoms with Gasteiger partial charge in [-0.15, -0.1) is 0 Å². The van der Waals surface area contributed by atoms with E-state index in [-0.39, 0.29) is 0 Å². The Labute approximate surface area is 43.7 Å². The molecule has 1 fully saturated rings. The third-order valence-corrected chi connectivity index (χ3v) is 1.88. The second kappa shape index (κ2) is 1.32. The summed E-state index contributed by atoms with van der Waals surface area (Å²) in [5, 5.41) is 0. The molecule has 1 heteroatoms. The molecule has 0 bridgehead atoms. The van der Waals surface area contributed by atoms with E-state index >= 15 is 0 Å². The Morgan fingerprint density at radius 2 is 2.14 bits per heavy atom. The van der Waals surface area contributed by atoms with Crippen molar-refractivity contribution in [2.75, 3.05) is 0 Å². The van der Waals surface area contributed by atoms with Gasteiger partial charge < -0.3 is 0 Å². The summed E-state index contributed by atoms with van der Waals surface area (Å²) in [6, 6.07) is 0. The van der Waals surface area contributed by atoms with E-state index in [1.165, 1.54) is 0 Å². The first kappa shape index (κ1) is 4.82. The third-order valence-electron chi connectivity index (χ3n) is 1.88. The van der Waals surface area contributed by atoms with Crippen molar-refractivity contribution in [2.45, 2.75) is 20.3 Å². The van der Waals surface area contributed by atoms with Crippen molar-refractivity contribution in [3.05, 3.63) is 0 Å². The maximum atomic E-state index is 10.4. The van der Waals surface area contributed by atoms with Gasteiger partial charge in [-0.3, -0.25) is 4.79 Å². The van der Waals surface area contributed by atoms with Gasteiger partial charge in [0.15, 0.2) is 0 Å². The van der Waals surface area contributed by atoms with E-state index in [4.69, 9.17) is 0 Å². The fourth-order valence-electron chi connectivity index (χ4n) is 0.837. The summed E-state index contributed by atoms with van der Waals surface area (Å²) in [5.41, 5.74) is 0. The number of hydrogen-bond acceptors (Lipinski definition) is 1. The molecule has 1 aliphatic rings. The molecule has 0 amide bonds. The molecular weight excluding hydrogens is 88.1 g/mol. The fourth-order valence-corrected chi connectivity index (χ4v) is 0.837. The normalized spacial score (nSPS) is 40.6. The van der Waals surface area contributed by atoms with Crippen molar-refractivity contribution in [1.82, 2.24) is 0 Å². The summed E-state index contributed by atoms with van der Waals surface area (Å²) in [6.07, 6.45) is 0.821. The summed E-state index contributed by atoms with van der Waals surface area (Å²) in [7, 11) is 0. The summed E-state index contributed by atoms with van der Waals surface area (Å²) >= 11 is 0. The lowest BCUT2D eigenvalue weighted by Crippen LogP contribution is -2.32. The van der Waals surface area contributed by atoms with Crippen LogP contribution in [-0.2, 0) is 4.79 Å².